The predicted molar refractivity (Wildman–Crippen MR) is 136 cm³/mol. The molecule has 6 nitrogen and oxygen atoms in total. The van der Waals surface area contributed by atoms with Crippen LogP contribution in [-0.2, 0) is 0 Å². The van der Waals surface area contributed by atoms with E-state index in [0.29, 0.717) is 6.54 Å². The number of amides is 2. The molecule has 1 N–H and O–H groups in total. The molecule has 5 rings (SSSR count). The molecule has 34 heavy (non-hydrogen) atoms. The summed E-state index contributed by atoms with van der Waals surface area (Å²) in [5, 5.41) is 3.11. The molecule has 0 saturated carbocycles. The number of imidazole rings is 1. The fourth-order valence-corrected chi connectivity index (χ4v) is 4.85. The first-order chi connectivity index (χ1) is 16.5. The number of nitrogens with zero attached hydrogens (tertiary/aromatic N) is 3. The lowest BCUT2D eigenvalue weighted by molar-refractivity contribution is 0.191. The third-order valence-corrected chi connectivity index (χ3v) is 6.62. The van der Waals surface area contributed by atoms with E-state index in [4.69, 9.17) is 9.72 Å². The number of nitrogens with one attached hydrogen (secondary N) is 1. The molecule has 1 atom stereocenters. The van der Waals surface area contributed by atoms with Gasteiger partial charge in [-0.05, 0) is 62.6 Å². The van der Waals surface area contributed by atoms with Crippen molar-refractivity contribution in [3.8, 4) is 17.0 Å². The summed E-state index contributed by atoms with van der Waals surface area (Å²) >= 11 is 0. The van der Waals surface area contributed by atoms with Gasteiger partial charge in [-0.3, -0.25) is 0 Å². The minimum Gasteiger partial charge on any atom is -0.497 e. The molecule has 1 aliphatic heterocycles. The summed E-state index contributed by atoms with van der Waals surface area (Å²) in [7, 11) is 1.68. The number of urea groups is 1. The highest BCUT2D eigenvalue weighted by atomic mass is 16.5. The number of hydrogen-bond donors (Lipinski definition) is 1. The second-order valence-electron chi connectivity index (χ2n) is 9.04. The summed E-state index contributed by atoms with van der Waals surface area (Å²) in [5.41, 5.74) is 6.14. The fraction of sp³-hybridized carbons (Fsp3) is 0.286. The highest BCUT2D eigenvalue weighted by Crippen LogP contribution is 2.33. The minimum absolute atomic E-state index is 0.0504. The molecule has 1 unspecified atom stereocenters. The lowest BCUT2D eigenvalue weighted by atomic mass is 9.97. The second kappa shape index (κ2) is 9.21. The van der Waals surface area contributed by atoms with Gasteiger partial charge in [-0.15, -0.1) is 0 Å². The van der Waals surface area contributed by atoms with Crippen LogP contribution in [0.25, 0.3) is 16.8 Å². The van der Waals surface area contributed by atoms with Crippen LogP contribution < -0.4 is 10.1 Å². The Bertz CT molecular complexity index is 1340. The molecule has 1 fully saturated rings. The van der Waals surface area contributed by atoms with Gasteiger partial charge in [0, 0.05) is 36.5 Å². The van der Waals surface area contributed by atoms with Gasteiger partial charge in [-0.1, -0.05) is 35.9 Å². The summed E-state index contributed by atoms with van der Waals surface area (Å²) in [6.07, 6.45) is 4.01. The molecular weight excluding hydrogens is 424 g/mol. The molecule has 0 spiro atoms. The molecule has 2 amide bonds. The van der Waals surface area contributed by atoms with E-state index >= 15 is 0 Å². The summed E-state index contributed by atoms with van der Waals surface area (Å²) in [5.74, 6) is 1.97. The lowest BCUT2D eigenvalue weighted by Crippen LogP contribution is -2.42. The number of ether oxygens (including phenoxy) is 1. The first kappa shape index (κ1) is 22.0. The Morgan fingerprint density at radius 3 is 2.79 bits per heavy atom. The number of fused-ring (bicyclic) bond motifs is 1. The molecule has 4 aromatic rings. The van der Waals surface area contributed by atoms with Gasteiger partial charge in [0.2, 0.25) is 0 Å². The zero-order valence-corrected chi connectivity index (χ0v) is 19.9. The van der Waals surface area contributed by atoms with Gasteiger partial charge in [0.05, 0.1) is 18.3 Å². The van der Waals surface area contributed by atoms with Crippen LogP contribution in [-0.4, -0.2) is 40.5 Å². The first-order valence-corrected chi connectivity index (χ1v) is 11.8. The van der Waals surface area contributed by atoms with E-state index in [1.54, 1.807) is 7.11 Å². The molecule has 3 heterocycles. The molecule has 0 aliphatic carbocycles. The zero-order valence-electron chi connectivity index (χ0n) is 19.9. The van der Waals surface area contributed by atoms with Gasteiger partial charge >= 0.3 is 6.03 Å². The maximum atomic E-state index is 13.1. The highest BCUT2D eigenvalue weighted by Gasteiger charge is 2.29. The molecule has 0 bridgehead atoms. The van der Waals surface area contributed by atoms with Crippen molar-refractivity contribution in [2.24, 2.45) is 0 Å². The average molecular weight is 455 g/mol. The van der Waals surface area contributed by atoms with Crippen LogP contribution in [0, 0.1) is 13.8 Å². The van der Waals surface area contributed by atoms with E-state index in [0.717, 1.165) is 59.0 Å². The van der Waals surface area contributed by atoms with Crippen molar-refractivity contribution in [1.82, 2.24) is 14.3 Å². The SMILES string of the molecule is COc1cccc(-c2nc(C3CCCN(C(=O)Nc4ccc(C)cc4C)C3)n3ccccc23)c1. The third-order valence-electron chi connectivity index (χ3n) is 6.62. The molecule has 2 aromatic carbocycles. The second-order valence-corrected chi connectivity index (χ2v) is 9.04. The monoisotopic (exact) mass is 454 g/mol. The fourth-order valence-electron chi connectivity index (χ4n) is 4.85. The normalized spacial score (nSPS) is 16.0. The van der Waals surface area contributed by atoms with Gasteiger partial charge in [-0.2, -0.15) is 0 Å². The summed E-state index contributed by atoms with van der Waals surface area (Å²) in [6.45, 7) is 5.47. The van der Waals surface area contributed by atoms with Crippen LogP contribution >= 0.6 is 0 Å². The van der Waals surface area contributed by atoms with Crippen LogP contribution in [0.5, 0.6) is 5.75 Å². The summed E-state index contributed by atoms with van der Waals surface area (Å²) in [4.78, 5) is 20.1. The van der Waals surface area contributed by atoms with E-state index in [2.05, 4.69) is 41.0 Å². The molecule has 2 aromatic heterocycles. The minimum atomic E-state index is -0.0504. The Hall–Kier alpha value is -3.80. The van der Waals surface area contributed by atoms with Gasteiger partial charge in [0.15, 0.2) is 0 Å². The molecule has 1 aliphatic rings. The van der Waals surface area contributed by atoms with E-state index in [1.807, 2.05) is 54.3 Å². The summed E-state index contributed by atoms with van der Waals surface area (Å²) < 4.78 is 7.60. The quantitative estimate of drug-likeness (QED) is 0.409. The van der Waals surface area contributed by atoms with Gasteiger partial charge in [0.25, 0.3) is 0 Å². The maximum absolute atomic E-state index is 13.1. The number of anilines is 1. The van der Waals surface area contributed by atoms with Crippen molar-refractivity contribution < 1.29 is 9.53 Å². The predicted octanol–water partition coefficient (Wildman–Crippen LogP) is 6.04. The summed E-state index contributed by atoms with van der Waals surface area (Å²) in [6, 6.07) is 20.2. The Morgan fingerprint density at radius 1 is 1.09 bits per heavy atom. The Kier molecular flexibility index (Phi) is 5.97. The van der Waals surface area contributed by atoms with Crippen molar-refractivity contribution in [3.05, 3.63) is 83.8 Å². The topological polar surface area (TPSA) is 58.9 Å². The van der Waals surface area contributed by atoms with Crippen LogP contribution in [0.15, 0.2) is 66.9 Å². The first-order valence-electron chi connectivity index (χ1n) is 11.8. The molecule has 174 valence electrons. The van der Waals surface area contributed by atoms with Crippen LogP contribution in [0.2, 0.25) is 0 Å². The molecule has 0 radical (unpaired) electrons. The van der Waals surface area contributed by atoms with Crippen molar-refractivity contribution in [1.29, 1.82) is 0 Å². The number of hydrogen-bond acceptors (Lipinski definition) is 3. The van der Waals surface area contributed by atoms with E-state index < -0.39 is 0 Å². The van der Waals surface area contributed by atoms with Gasteiger partial charge in [-0.25, -0.2) is 9.78 Å². The number of carbonyl (C=O) groups is 1. The van der Waals surface area contributed by atoms with Crippen LogP contribution in [0.4, 0.5) is 10.5 Å². The standard InChI is InChI=1S/C28H30N4O2/c1-19-12-13-24(20(2)16-19)29-28(33)31-14-7-9-22(18-31)27-30-26(25-11-4-5-15-32(25)27)21-8-6-10-23(17-21)34-3/h4-6,8,10-13,15-17,22H,7,9,14,18H2,1-3H3,(H,29,33). The number of methoxy groups -OCH3 is 1. The maximum Gasteiger partial charge on any atom is 0.321 e. The van der Waals surface area contributed by atoms with Crippen molar-refractivity contribution in [3.63, 3.8) is 0 Å². The largest absolute Gasteiger partial charge is 0.497 e. The number of rotatable bonds is 4. The van der Waals surface area contributed by atoms with Crippen molar-refractivity contribution >= 4 is 17.2 Å². The number of aryl methyl sites for hydroxylation is 2. The molecule has 6 heteroatoms. The van der Waals surface area contributed by atoms with Crippen molar-refractivity contribution in [2.75, 3.05) is 25.5 Å². The smallest absolute Gasteiger partial charge is 0.321 e. The van der Waals surface area contributed by atoms with Crippen molar-refractivity contribution in [2.45, 2.75) is 32.6 Å². The van der Waals surface area contributed by atoms with E-state index in [9.17, 15) is 4.79 Å². The number of pyridine rings is 1. The van der Waals surface area contributed by atoms with Crippen LogP contribution in [0.1, 0.15) is 35.7 Å². The average Bonchev–Trinajstić information content (AvgIpc) is 3.26. The zero-order chi connectivity index (χ0) is 23.7. The van der Waals surface area contributed by atoms with Gasteiger partial charge in [0.1, 0.15) is 11.6 Å². The third kappa shape index (κ3) is 4.23. The van der Waals surface area contributed by atoms with Crippen LogP contribution in [0.3, 0.4) is 0 Å². The Balaban J connectivity index is 1.43. The van der Waals surface area contributed by atoms with Gasteiger partial charge < -0.3 is 19.4 Å². The number of aromatic nitrogens is 2. The lowest BCUT2D eigenvalue weighted by Gasteiger charge is -2.32. The molecule has 1 saturated heterocycles. The van der Waals surface area contributed by atoms with E-state index in [1.165, 1.54) is 5.56 Å². The highest BCUT2D eigenvalue weighted by molar-refractivity contribution is 5.90. The van der Waals surface area contributed by atoms with E-state index in [-0.39, 0.29) is 11.9 Å². The number of piperidine rings is 1. The molecular formula is C28H30N4O2. The number of carbonyl (C=O) groups excluding carboxylic acids is 1. The Labute approximate surface area is 200 Å². The Morgan fingerprint density at radius 2 is 1.97 bits per heavy atom. The number of likely N-dealkylation sites (tertiary alicyclic amines) is 1. The number of benzene rings is 2.